The number of methoxy groups -OCH3 is 2. The van der Waals surface area contributed by atoms with E-state index in [1.165, 1.54) is 6.08 Å². The summed E-state index contributed by atoms with van der Waals surface area (Å²) in [6.07, 6.45) is 4.30. The molecular formula is C21H33NO4. The predicted octanol–water partition coefficient (Wildman–Crippen LogP) is 4.11. The molecule has 0 radical (unpaired) electrons. The summed E-state index contributed by atoms with van der Waals surface area (Å²) < 4.78 is 16.0. The van der Waals surface area contributed by atoms with Crippen LogP contribution in [0.5, 0.6) is 11.5 Å². The Hall–Kier alpha value is -2.01. The molecular weight excluding hydrogens is 330 g/mol. The molecule has 0 aromatic heterocycles. The van der Waals surface area contributed by atoms with Crippen molar-refractivity contribution in [3.8, 4) is 11.5 Å². The van der Waals surface area contributed by atoms with Gasteiger partial charge in [-0.15, -0.1) is 0 Å². The largest absolute Gasteiger partial charge is 0.497 e. The zero-order valence-electron chi connectivity index (χ0n) is 17.1. The highest BCUT2D eigenvalue weighted by Gasteiger charge is 2.15. The SMILES string of the molecule is COc1ccc(CNC(/C=C\C(=O)OC(C)(C)C)CC(C)C)c(OC)c1. The molecule has 146 valence electrons. The Bertz CT molecular complexity index is 603. The van der Waals surface area contributed by atoms with E-state index in [1.807, 2.05) is 45.0 Å². The van der Waals surface area contributed by atoms with E-state index in [1.54, 1.807) is 14.2 Å². The number of ether oxygens (including phenoxy) is 3. The number of hydrogen-bond acceptors (Lipinski definition) is 5. The summed E-state index contributed by atoms with van der Waals surface area (Å²) in [5.74, 6) is 1.70. The van der Waals surface area contributed by atoms with Gasteiger partial charge in [0.15, 0.2) is 0 Å². The van der Waals surface area contributed by atoms with E-state index < -0.39 is 5.60 Å². The molecule has 26 heavy (non-hydrogen) atoms. The van der Waals surface area contributed by atoms with Crippen LogP contribution in [0.1, 0.15) is 46.6 Å². The number of carbonyl (C=O) groups excluding carboxylic acids is 1. The maximum absolute atomic E-state index is 11.9. The third-order valence-corrected chi connectivity index (χ3v) is 3.65. The van der Waals surface area contributed by atoms with Crippen LogP contribution in [-0.2, 0) is 16.1 Å². The van der Waals surface area contributed by atoms with Gasteiger partial charge in [0.1, 0.15) is 17.1 Å². The quantitative estimate of drug-likeness (QED) is 0.529. The maximum Gasteiger partial charge on any atom is 0.330 e. The third-order valence-electron chi connectivity index (χ3n) is 3.65. The lowest BCUT2D eigenvalue weighted by Gasteiger charge is -2.20. The first-order valence-electron chi connectivity index (χ1n) is 9.00. The third kappa shape index (κ3) is 8.39. The predicted molar refractivity (Wildman–Crippen MR) is 105 cm³/mol. The molecule has 0 aliphatic heterocycles. The topological polar surface area (TPSA) is 56.8 Å². The minimum atomic E-state index is -0.487. The van der Waals surface area contributed by atoms with Gasteiger partial charge in [0.05, 0.1) is 14.2 Å². The van der Waals surface area contributed by atoms with Gasteiger partial charge in [-0.05, 0) is 39.2 Å². The maximum atomic E-state index is 11.9. The first kappa shape index (κ1) is 22.0. The van der Waals surface area contributed by atoms with Crippen LogP contribution >= 0.6 is 0 Å². The van der Waals surface area contributed by atoms with Crippen LogP contribution < -0.4 is 14.8 Å². The molecule has 0 aliphatic carbocycles. The summed E-state index contributed by atoms with van der Waals surface area (Å²) >= 11 is 0. The van der Waals surface area contributed by atoms with E-state index in [-0.39, 0.29) is 12.0 Å². The Labute approximate surface area is 157 Å². The standard InChI is InChI=1S/C21H33NO4/c1-15(2)12-17(9-11-20(23)26-21(3,4)5)22-14-16-8-10-18(24-6)13-19(16)25-7/h8-11,13,15,17,22H,12,14H2,1-7H3/b11-9-. The Morgan fingerprint density at radius 1 is 1.19 bits per heavy atom. The molecule has 0 bridgehead atoms. The number of nitrogens with one attached hydrogen (secondary N) is 1. The van der Waals surface area contributed by atoms with E-state index in [9.17, 15) is 4.79 Å². The molecule has 5 heteroatoms. The molecule has 1 rings (SSSR count). The van der Waals surface area contributed by atoms with Crippen LogP contribution in [0.2, 0.25) is 0 Å². The minimum absolute atomic E-state index is 0.0642. The molecule has 0 fully saturated rings. The van der Waals surface area contributed by atoms with Crippen molar-refractivity contribution in [2.75, 3.05) is 14.2 Å². The van der Waals surface area contributed by atoms with Crippen molar-refractivity contribution in [3.05, 3.63) is 35.9 Å². The van der Waals surface area contributed by atoms with Crippen molar-refractivity contribution in [2.45, 2.75) is 59.2 Å². The van der Waals surface area contributed by atoms with E-state index in [0.717, 1.165) is 23.5 Å². The smallest absolute Gasteiger partial charge is 0.330 e. The molecule has 5 nitrogen and oxygen atoms in total. The van der Waals surface area contributed by atoms with Gasteiger partial charge in [-0.25, -0.2) is 4.79 Å². The molecule has 0 spiro atoms. The highest BCUT2D eigenvalue weighted by molar-refractivity contribution is 5.82. The van der Waals surface area contributed by atoms with Gasteiger partial charge >= 0.3 is 5.97 Å². The van der Waals surface area contributed by atoms with Gasteiger partial charge in [-0.3, -0.25) is 0 Å². The summed E-state index contributed by atoms with van der Waals surface area (Å²) in [6.45, 7) is 10.5. The second kappa shape index (κ2) is 10.2. The number of hydrogen-bond donors (Lipinski definition) is 1. The summed E-state index contributed by atoms with van der Waals surface area (Å²) in [4.78, 5) is 11.9. The molecule has 1 aromatic rings. The molecule has 0 saturated carbocycles. The van der Waals surface area contributed by atoms with E-state index >= 15 is 0 Å². The van der Waals surface area contributed by atoms with Crippen LogP contribution in [0.25, 0.3) is 0 Å². The number of carbonyl (C=O) groups is 1. The lowest BCUT2D eigenvalue weighted by atomic mass is 10.0. The van der Waals surface area contributed by atoms with Gasteiger partial charge in [0, 0.05) is 30.3 Å². The molecule has 1 unspecified atom stereocenters. The van der Waals surface area contributed by atoms with Gasteiger partial charge in [-0.2, -0.15) is 0 Å². The first-order chi connectivity index (χ1) is 12.1. The van der Waals surface area contributed by atoms with E-state index in [0.29, 0.717) is 12.5 Å². The van der Waals surface area contributed by atoms with Gasteiger partial charge in [0.2, 0.25) is 0 Å². The Balaban J connectivity index is 2.78. The van der Waals surface area contributed by atoms with Crippen LogP contribution in [0.3, 0.4) is 0 Å². The van der Waals surface area contributed by atoms with Crippen LogP contribution in [0.4, 0.5) is 0 Å². The van der Waals surface area contributed by atoms with Crippen LogP contribution in [0.15, 0.2) is 30.4 Å². The van der Waals surface area contributed by atoms with E-state index in [4.69, 9.17) is 14.2 Å². The summed E-state index contributed by atoms with van der Waals surface area (Å²) in [5.41, 5.74) is 0.548. The minimum Gasteiger partial charge on any atom is -0.497 e. The zero-order valence-corrected chi connectivity index (χ0v) is 17.1. The fraction of sp³-hybridized carbons (Fsp3) is 0.571. The van der Waals surface area contributed by atoms with Gasteiger partial charge in [-0.1, -0.05) is 26.0 Å². The van der Waals surface area contributed by atoms with Crippen LogP contribution in [-0.4, -0.2) is 31.8 Å². The molecule has 0 saturated heterocycles. The van der Waals surface area contributed by atoms with Crippen molar-refractivity contribution in [1.82, 2.24) is 5.32 Å². The Kier molecular flexibility index (Phi) is 8.66. The molecule has 1 atom stereocenters. The number of rotatable bonds is 9. The summed E-state index contributed by atoms with van der Waals surface area (Å²) in [5, 5.41) is 3.48. The van der Waals surface area contributed by atoms with Crippen molar-refractivity contribution < 1.29 is 19.0 Å². The monoisotopic (exact) mass is 363 g/mol. The van der Waals surface area contributed by atoms with Gasteiger partial charge < -0.3 is 19.5 Å². The average molecular weight is 363 g/mol. The highest BCUT2D eigenvalue weighted by atomic mass is 16.6. The van der Waals surface area contributed by atoms with Crippen molar-refractivity contribution >= 4 is 5.97 Å². The molecule has 0 aliphatic rings. The van der Waals surface area contributed by atoms with Crippen molar-refractivity contribution in [3.63, 3.8) is 0 Å². The summed E-state index contributed by atoms with van der Waals surface area (Å²) in [7, 11) is 3.28. The molecule has 1 N–H and O–H groups in total. The van der Waals surface area contributed by atoms with Crippen molar-refractivity contribution in [1.29, 1.82) is 0 Å². The Morgan fingerprint density at radius 2 is 1.88 bits per heavy atom. The highest BCUT2D eigenvalue weighted by Crippen LogP contribution is 2.24. The summed E-state index contributed by atoms with van der Waals surface area (Å²) in [6, 6.07) is 5.82. The molecule has 0 amide bonds. The van der Waals surface area contributed by atoms with Gasteiger partial charge in [0.25, 0.3) is 0 Å². The average Bonchev–Trinajstić information content (AvgIpc) is 2.55. The molecule has 1 aromatic carbocycles. The fourth-order valence-electron chi connectivity index (χ4n) is 2.51. The molecule has 0 heterocycles. The second-order valence-electron chi connectivity index (χ2n) is 7.69. The van der Waals surface area contributed by atoms with Crippen LogP contribution in [0, 0.1) is 5.92 Å². The Morgan fingerprint density at radius 3 is 2.42 bits per heavy atom. The lowest BCUT2D eigenvalue weighted by Crippen LogP contribution is -2.29. The van der Waals surface area contributed by atoms with E-state index in [2.05, 4.69) is 19.2 Å². The number of esters is 1. The van der Waals surface area contributed by atoms with Crippen molar-refractivity contribution in [2.24, 2.45) is 5.92 Å². The fourth-order valence-corrected chi connectivity index (χ4v) is 2.51. The lowest BCUT2D eigenvalue weighted by molar-refractivity contribution is -0.148. The normalized spacial score (nSPS) is 13.1. The number of benzene rings is 1. The zero-order chi connectivity index (χ0) is 19.7. The second-order valence-corrected chi connectivity index (χ2v) is 7.69. The first-order valence-corrected chi connectivity index (χ1v) is 9.00.